The topological polar surface area (TPSA) is 285 Å². The van der Waals surface area contributed by atoms with E-state index >= 15 is 0 Å². The van der Waals surface area contributed by atoms with E-state index in [1.807, 2.05) is 27.7 Å². The molecule has 6 heterocycles. The average molecular weight is 1040 g/mol. The van der Waals surface area contributed by atoms with Gasteiger partial charge in [-0.2, -0.15) is 0 Å². The monoisotopic (exact) mass is 1040 g/mol. The molecule has 404 valence electrons. The molecule has 5 N–H and O–H groups in total. The van der Waals surface area contributed by atoms with Gasteiger partial charge in [-0.05, 0) is 99.3 Å². The van der Waals surface area contributed by atoms with Gasteiger partial charge in [0.1, 0.15) is 64.2 Å². The second kappa shape index (κ2) is 19.2. The molecule has 2 aliphatic heterocycles. The van der Waals surface area contributed by atoms with Crippen molar-refractivity contribution in [1.29, 1.82) is 0 Å². The van der Waals surface area contributed by atoms with Crippen LogP contribution in [0.4, 0.5) is 0 Å². The Morgan fingerprint density at radius 3 is 1.60 bits per heavy atom. The molecule has 0 saturated heterocycles. The van der Waals surface area contributed by atoms with Crippen molar-refractivity contribution >= 4 is 17.9 Å². The summed E-state index contributed by atoms with van der Waals surface area (Å²) in [7, 11) is 0. The largest absolute Gasteiger partial charge is 0.484 e. The van der Waals surface area contributed by atoms with Gasteiger partial charge in [0.25, 0.3) is 0 Å². The number of rotatable bonds is 7. The maximum atomic E-state index is 13.4. The lowest BCUT2D eigenvalue weighted by Crippen LogP contribution is -2.71. The minimum absolute atomic E-state index is 0.0163. The SMILES string of the molecule is CC(=O)OC[C@@]1(C)C2C[C@H](OC(C)=O)[C@@]3(C)Oc4cc(-c5cccnc5)oc(=O)c4[C@H](O)C3[C@@]2(C)CC[C@@H]1OC(C)=O.C[C@]12CC[C@H](O)[C@@](C)(CO)C1C[C@H](O)[C@@]1(C)Oc3cc(-c4cccnc4)oc(=O)c3[C@H](O)C21. The van der Waals surface area contributed by atoms with Crippen molar-refractivity contribution in [2.75, 3.05) is 13.2 Å². The molecule has 4 unspecified atom stereocenters. The third-order valence-corrected chi connectivity index (χ3v) is 18.7. The Hall–Kier alpha value is -5.99. The van der Waals surface area contributed by atoms with Crippen LogP contribution in [0.5, 0.6) is 11.5 Å². The van der Waals surface area contributed by atoms with E-state index in [-0.39, 0.29) is 65.6 Å². The number of nitrogens with zero attached hydrogens (tertiary/aromatic N) is 2. The number of carbonyl (C=O) groups excluding carboxylic acids is 3. The number of esters is 3. The quantitative estimate of drug-likeness (QED) is 0.108. The predicted molar refractivity (Wildman–Crippen MR) is 265 cm³/mol. The number of hydrogen-bond acceptors (Lipinski definition) is 19. The van der Waals surface area contributed by atoms with E-state index in [9.17, 15) is 49.5 Å². The number of pyridine rings is 2. The van der Waals surface area contributed by atoms with Crippen LogP contribution in [0.3, 0.4) is 0 Å². The highest BCUT2D eigenvalue weighted by atomic mass is 16.6. The molecule has 0 aromatic carbocycles. The molecule has 10 rings (SSSR count). The highest BCUT2D eigenvalue weighted by molar-refractivity contribution is 5.67. The molecule has 0 radical (unpaired) electrons. The summed E-state index contributed by atoms with van der Waals surface area (Å²) in [5.41, 5.74) is -5.76. The zero-order valence-electron chi connectivity index (χ0n) is 43.7. The second-order valence-corrected chi connectivity index (χ2v) is 23.1. The summed E-state index contributed by atoms with van der Waals surface area (Å²) in [6, 6.07) is 10.1. The fraction of sp³-hybridized carbons (Fsp3) is 0.589. The van der Waals surface area contributed by atoms with Crippen molar-refractivity contribution in [2.45, 2.75) is 149 Å². The Bertz CT molecular complexity index is 2970. The lowest BCUT2D eigenvalue weighted by molar-refractivity contribution is -0.270. The highest BCUT2D eigenvalue weighted by Gasteiger charge is 2.72. The number of hydrogen-bond donors (Lipinski definition) is 5. The maximum Gasteiger partial charge on any atom is 0.345 e. The smallest absolute Gasteiger partial charge is 0.345 e. The lowest BCUT2D eigenvalue weighted by Gasteiger charge is -2.66. The van der Waals surface area contributed by atoms with Crippen LogP contribution in [0.25, 0.3) is 22.6 Å². The van der Waals surface area contributed by atoms with E-state index < -0.39 is 110 Å². The predicted octanol–water partition coefficient (Wildman–Crippen LogP) is 5.80. The molecule has 0 bridgehead atoms. The van der Waals surface area contributed by atoms with E-state index in [1.54, 1.807) is 75.0 Å². The Labute approximate surface area is 433 Å². The second-order valence-electron chi connectivity index (χ2n) is 23.1. The molecule has 4 saturated carbocycles. The molecular weight excluding hydrogens is 973 g/mol. The van der Waals surface area contributed by atoms with Gasteiger partial charge in [0.05, 0.1) is 31.0 Å². The van der Waals surface area contributed by atoms with Gasteiger partial charge in [-0.3, -0.25) is 24.4 Å². The molecule has 0 amide bonds. The first kappa shape index (κ1) is 53.8. The molecule has 19 nitrogen and oxygen atoms in total. The molecular formula is C56H68N2O17. The van der Waals surface area contributed by atoms with Gasteiger partial charge in [-0.1, -0.05) is 27.7 Å². The van der Waals surface area contributed by atoms with Crippen LogP contribution in [0.1, 0.15) is 124 Å². The van der Waals surface area contributed by atoms with Crippen LogP contribution in [-0.2, 0) is 28.6 Å². The number of fused-ring (bicyclic) bond motifs is 8. The standard InChI is InChI=1S/C31H37NO10.C25H31NO7/c1-16(33)38-15-30(5)22-13-24(40-18(3)35)31(6)27(29(22,4)10-9-23(30)39-17(2)34)26(36)25-21(42-31)12-20(41-28(25)37)19-8-7-11-32-14-19;1-23-7-6-17(28)24(2,12-27)16(23)10-18(29)25(3)21(23)20(30)19-15(33-25)9-14(32-22(19)31)13-5-4-8-26-11-13/h7-8,11-12,14,22-24,26-27,36H,9-10,13,15H2,1-6H3;4-5,8-9,11,16-18,20-21,27-30H,6-7,10,12H2,1-3H3/t22?,23-,24-,26-,27?,29-,30-,31+;16?,17-,18-,20-,21?,23-,24-,25+/m00/s1. The van der Waals surface area contributed by atoms with E-state index in [0.29, 0.717) is 43.2 Å². The summed E-state index contributed by atoms with van der Waals surface area (Å²) in [6.07, 6.45) is 3.09. The lowest BCUT2D eigenvalue weighted by atomic mass is 9.42. The minimum atomic E-state index is -1.34. The van der Waals surface area contributed by atoms with Crippen LogP contribution >= 0.6 is 0 Å². The third kappa shape index (κ3) is 8.66. The number of aromatic nitrogens is 2. The van der Waals surface area contributed by atoms with Gasteiger partial charge in [-0.25, -0.2) is 9.59 Å². The number of aliphatic hydroxyl groups excluding tert-OH is 5. The summed E-state index contributed by atoms with van der Waals surface area (Å²) < 4.78 is 41.4. The Morgan fingerprint density at radius 1 is 0.640 bits per heavy atom. The minimum Gasteiger partial charge on any atom is -0.484 e. The molecule has 4 fully saturated rings. The molecule has 4 aromatic rings. The maximum absolute atomic E-state index is 13.4. The van der Waals surface area contributed by atoms with Gasteiger partial charge in [0.2, 0.25) is 0 Å². The molecule has 19 heteroatoms. The van der Waals surface area contributed by atoms with Crippen LogP contribution in [-0.4, -0.2) is 102 Å². The molecule has 4 aliphatic carbocycles. The average Bonchev–Trinajstić information content (AvgIpc) is 3.42. The van der Waals surface area contributed by atoms with Gasteiger partial charge in [0.15, 0.2) is 0 Å². The fourth-order valence-corrected chi connectivity index (χ4v) is 15.1. The summed E-state index contributed by atoms with van der Waals surface area (Å²) in [4.78, 5) is 71.1. The van der Waals surface area contributed by atoms with E-state index in [2.05, 4.69) is 9.97 Å². The van der Waals surface area contributed by atoms with E-state index in [4.69, 9.17) is 32.5 Å². The summed E-state index contributed by atoms with van der Waals surface area (Å²) >= 11 is 0. The zero-order chi connectivity index (χ0) is 54.4. The van der Waals surface area contributed by atoms with E-state index in [1.165, 1.54) is 20.8 Å². The van der Waals surface area contributed by atoms with Crippen molar-refractivity contribution in [3.05, 3.63) is 93.2 Å². The normalized spacial score (nSPS) is 38.1. The van der Waals surface area contributed by atoms with E-state index in [0.717, 1.165) is 0 Å². The van der Waals surface area contributed by atoms with Crippen LogP contribution in [0.2, 0.25) is 0 Å². The molecule has 4 aromatic heterocycles. The first-order valence-corrected chi connectivity index (χ1v) is 25.6. The zero-order valence-corrected chi connectivity index (χ0v) is 43.7. The van der Waals surface area contributed by atoms with Crippen LogP contribution < -0.4 is 20.7 Å². The molecule has 16 atom stereocenters. The first-order chi connectivity index (χ1) is 35.3. The summed E-state index contributed by atoms with van der Waals surface area (Å²) in [5, 5.41) is 55.9. The van der Waals surface area contributed by atoms with Crippen molar-refractivity contribution in [3.63, 3.8) is 0 Å². The Morgan fingerprint density at radius 2 is 1.12 bits per heavy atom. The van der Waals surface area contributed by atoms with Crippen molar-refractivity contribution in [2.24, 2.45) is 45.3 Å². The number of ether oxygens (including phenoxy) is 5. The van der Waals surface area contributed by atoms with Gasteiger partial charge in [0, 0.05) is 91.5 Å². The van der Waals surface area contributed by atoms with Crippen molar-refractivity contribution in [3.8, 4) is 34.1 Å². The van der Waals surface area contributed by atoms with Crippen molar-refractivity contribution in [1.82, 2.24) is 9.97 Å². The Kier molecular flexibility index (Phi) is 13.8. The molecule has 6 aliphatic rings. The third-order valence-electron chi connectivity index (χ3n) is 18.7. The van der Waals surface area contributed by atoms with Gasteiger partial charge >= 0.3 is 29.2 Å². The van der Waals surface area contributed by atoms with Crippen LogP contribution in [0.15, 0.2) is 79.6 Å². The number of carbonyl (C=O) groups is 3. The molecule has 0 spiro atoms. The molecule has 75 heavy (non-hydrogen) atoms. The van der Waals surface area contributed by atoms with Gasteiger partial charge in [-0.15, -0.1) is 0 Å². The van der Waals surface area contributed by atoms with Crippen molar-refractivity contribution < 1.29 is 72.4 Å². The van der Waals surface area contributed by atoms with Crippen LogP contribution in [0, 0.1) is 45.3 Å². The first-order valence-electron chi connectivity index (χ1n) is 25.6. The summed E-state index contributed by atoms with van der Waals surface area (Å²) in [6.45, 7) is 14.9. The Balaban J connectivity index is 0.000000189. The van der Waals surface area contributed by atoms with Gasteiger partial charge < -0.3 is 58.1 Å². The fourth-order valence-electron chi connectivity index (χ4n) is 15.1. The highest BCUT2D eigenvalue weighted by Crippen LogP contribution is 2.69. The summed E-state index contributed by atoms with van der Waals surface area (Å²) in [5.74, 6) is -2.72. The number of aliphatic hydroxyl groups is 5.